The highest BCUT2D eigenvalue weighted by Gasteiger charge is 2.43. The molecule has 0 unspecified atom stereocenters. The van der Waals surface area contributed by atoms with Crippen molar-refractivity contribution in [2.45, 2.75) is 23.7 Å². The molecule has 12 aromatic rings. The highest BCUT2D eigenvalue weighted by atomic mass is 14.5. The summed E-state index contributed by atoms with van der Waals surface area (Å²) in [6.45, 7) is 0. The van der Waals surface area contributed by atoms with Crippen molar-refractivity contribution in [3.05, 3.63) is 422 Å². The second-order valence-corrected chi connectivity index (χ2v) is 25.3. The molecule has 446 valence electrons. The Balaban J connectivity index is 0.792. The SMILES string of the molecule is C1#Cc2cccc(c2)C#Cc2ccc3c(c2)C2c4cc5ccc4C3c3ccc(cc32)C#Cc2cccc(c2)C#CC#Cc2cccc(c2)C#Cc2ccc3c(c2)C2c4cc(ccc4C3c3ccc(cc32)C#Cc2cccc(c2)C#CC#Cc2cccc(c2)C#C5)C#Cc2cccc(c2)C#C1. The van der Waals surface area contributed by atoms with Crippen LogP contribution in [0.25, 0.3) is 0 Å². The van der Waals surface area contributed by atoms with Gasteiger partial charge >= 0.3 is 0 Å². The molecule has 28 bridgehead atoms. The van der Waals surface area contributed by atoms with Crippen LogP contribution in [0.2, 0.25) is 0 Å². The number of hydrogen-bond donors (Lipinski definition) is 0. The molecule has 0 amide bonds. The predicted molar refractivity (Wildman–Crippen MR) is 398 cm³/mol. The van der Waals surface area contributed by atoms with E-state index in [1.807, 2.05) is 146 Å². The third-order valence-electron chi connectivity index (χ3n) is 19.0. The Kier molecular flexibility index (Phi) is 14.5. The highest BCUT2D eigenvalue weighted by molar-refractivity contribution is 5.74. The molecular formula is C100H46. The number of rotatable bonds is 0. The van der Waals surface area contributed by atoms with Crippen molar-refractivity contribution in [3.63, 3.8) is 0 Å². The zero-order chi connectivity index (χ0) is 66.3. The molecule has 0 saturated heterocycles. The molecule has 12 aromatic carbocycles. The van der Waals surface area contributed by atoms with E-state index in [2.05, 4.69) is 251 Å². The van der Waals surface area contributed by atoms with E-state index in [4.69, 9.17) is 0 Å². The molecule has 9 aliphatic rings. The molecule has 0 radical (unpaired) electrons. The Labute approximate surface area is 583 Å². The van der Waals surface area contributed by atoms with Gasteiger partial charge in [-0.15, -0.1) is 0 Å². The van der Waals surface area contributed by atoms with E-state index in [9.17, 15) is 0 Å². The van der Waals surface area contributed by atoms with Crippen LogP contribution in [0.1, 0.15) is 191 Å². The van der Waals surface area contributed by atoms with Gasteiger partial charge in [-0.1, -0.05) is 179 Å². The molecule has 9 aliphatic carbocycles. The average molecular weight is 1250 g/mol. The predicted octanol–water partition coefficient (Wildman–Crippen LogP) is 16.9. The summed E-state index contributed by atoms with van der Waals surface area (Å²) in [5.41, 5.74) is 30.8. The summed E-state index contributed by atoms with van der Waals surface area (Å²) >= 11 is 0. The van der Waals surface area contributed by atoms with Gasteiger partial charge in [-0.05, 0) is 284 Å². The molecule has 21 rings (SSSR count). The van der Waals surface area contributed by atoms with Gasteiger partial charge in [-0.2, -0.15) is 0 Å². The van der Waals surface area contributed by atoms with Gasteiger partial charge in [0.05, 0.1) is 0 Å². The molecule has 0 heteroatoms. The molecule has 0 heterocycles. The minimum atomic E-state index is -0.0897. The molecule has 0 fully saturated rings. The minimum absolute atomic E-state index is 0.0112. The Morgan fingerprint density at radius 2 is 0.250 bits per heavy atom. The van der Waals surface area contributed by atoms with Crippen LogP contribution in [0.3, 0.4) is 0 Å². The standard InChI is InChI=1S/C100H46/c1-2-14-68-20-8-26-74(56-68)32-38-80-44-50-86-92(62-80)100-95-65-83-41-35-77-29-11-23-71(59-77)17-5-3-15-69-21-9-27-75(57-69)33-39-81-45-51-87-93(63-81)99-91-61-79(37-31-73-25-7-19-67(13-1)55-73)43-49-85(91)97(87)88-52-46-82(64-94(88)99)40-34-76-28-10-22-70(58-76)16-4-6-18-72-24-12-30-78(60-72)36-42-84-48-54-90(96(100)66-84)98(86)89(95)53-47-83/h7-12,19-30,43-66,97-100H. The monoisotopic (exact) mass is 1250 g/mol. The minimum Gasteiger partial charge on any atom is -0.0616 e. The molecule has 0 aliphatic heterocycles. The summed E-state index contributed by atoms with van der Waals surface area (Å²) in [5.74, 6) is 80.1. The topological polar surface area (TPSA) is 0 Å². The van der Waals surface area contributed by atoms with Gasteiger partial charge in [0.2, 0.25) is 0 Å². The number of benzene rings is 12. The van der Waals surface area contributed by atoms with E-state index in [1.165, 1.54) is 66.8 Å². The van der Waals surface area contributed by atoms with Gasteiger partial charge in [0, 0.05) is 124 Å². The number of fused-ring (bicyclic) bond motifs is 3. The highest BCUT2D eigenvalue weighted by Crippen LogP contribution is 2.58. The van der Waals surface area contributed by atoms with Crippen LogP contribution in [0, 0.1) is 142 Å². The Hall–Kier alpha value is -14.6. The summed E-state index contributed by atoms with van der Waals surface area (Å²) in [6, 6.07) is 88.5. The van der Waals surface area contributed by atoms with Gasteiger partial charge in [-0.25, -0.2) is 0 Å². The lowest BCUT2D eigenvalue weighted by atomic mass is 9.60. The smallest absolute Gasteiger partial charge is 0.0350 e. The van der Waals surface area contributed by atoms with Crippen LogP contribution in [-0.4, -0.2) is 0 Å². The van der Waals surface area contributed by atoms with Crippen molar-refractivity contribution < 1.29 is 0 Å². The molecule has 100 heavy (non-hydrogen) atoms. The fourth-order valence-corrected chi connectivity index (χ4v) is 14.5. The lowest BCUT2D eigenvalue weighted by Gasteiger charge is -2.42. The summed E-state index contributed by atoms with van der Waals surface area (Å²) in [6.07, 6.45) is 0. The number of hydrogen-bond acceptors (Lipinski definition) is 0. The molecule has 0 spiro atoms. The first kappa shape index (κ1) is 58.0. The van der Waals surface area contributed by atoms with Crippen LogP contribution in [0.5, 0.6) is 0 Å². The lowest BCUT2D eigenvalue weighted by molar-refractivity contribution is 0.753. The first-order valence-corrected chi connectivity index (χ1v) is 33.1. The molecule has 0 saturated carbocycles. The summed E-state index contributed by atoms with van der Waals surface area (Å²) in [4.78, 5) is 0. The van der Waals surface area contributed by atoms with E-state index >= 15 is 0 Å². The van der Waals surface area contributed by atoms with Gasteiger partial charge in [0.15, 0.2) is 0 Å². The quantitative estimate of drug-likeness (QED) is 0.133. The lowest BCUT2D eigenvalue weighted by Crippen LogP contribution is -2.27. The van der Waals surface area contributed by atoms with Crippen molar-refractivity contribution in [2.24, 2.45) is 0 Å². The molecule has 0 atom stereocenters. The summed E-state index contributed by atoms with van der Waals surface area (Å²) in [5, 5.41) is 0. The van der Waals surface area contributed by atoms with E-state index in [0.29, 0.717) is 0 Å². The van der Waals surface area contributed by atoms with Crippen molar-refractivity contribution in [2.75, 3.05) is 0 Å². The van der Waals surface area contributed by atoms with Crippen LogP contribution in [0.4, 0.5) is 0 Å². The van der Waals surface area contributed by atoms with Gasteiger partial charge < -0.3 is 0 Å². The maximum absolute atomic E-state index is 3.53. The van der Waals surface area contributed by atoms with Crippen LogP contribution in [-0.2, 0) is 0 Å². The zero-order valence-corrected chi connectivity index (χ0v) is 53.6. The van der Waals surface area contributed by atoms with E-state index in [-0.39, 0.29) is 23.7 Å². The average Bonchev–Trinajstić information content (AvgIpc) is 0.708. The Bertz CT molecular complexity index is 5490. The fraction of sp³-hybridized carbons (Fsp3) is 0.0400. The largest absolute Gasteiger partial charge is 0.0616 e. The Morgan fingerprint density at radius 3 is 0.410 bits per heavy atom. The molecule has 0 N–H and O–H groups in total. The zero-order valence-electron chi connectivity index (χ0n) is 53.6. The summed E-state index contributed by atoms with van der Waals surface area (Å²) in [7, 11) is 0. The first-order valence-electron chi connectivity index (χ1n) is 33.1. The van der Waals surface area contributed by atoms with Crippen molar-refractivity contribution in [3.8, 4) is 142 Å². The van der Waals surface area contributed by atoms with E-state index in [0.717, 1.165) is 100 Å². The Morgan fingerprint density at radius 1 is 0.120 bits per heavy atom. The molecular weight excluding hydrogens is 1200 g/mol. The maximum Gasteiger partial charge on any atom is 0.0350 e. The molecule has 0 nitrogen and oxygen atoms in total. The second-order valence-electron chi connectivity index (χ2n) is 25.3. The van der Waals surface area contributed by atoms with Crippen LogP contribution < -0.4 is 0 Å². The van der Waals surface area contributed by atoms with Gasteiger partial charge in [0.25, 0.3) is 0 Å². The van der Waals surface area contributed by atoms with Crippen molar-refractivity contribution >= 4 is 0 Å². The summed E-state index contributed by atoms with van der Waals surface area (Å²) < 4.78 is 0. The van der Waals surface area contributed by atoms with Crippen molar-refractivity contribution in [1.29, 1.82) is 0 Å². The van der Waals surface area contributed by atoms with Crippen LogP contribution in [0.15, 0.2) is 255 Å². The fourth-order valence-electron chi connectivity index (χ4n) is 14.5. The normalized spacial score (nSPS) is 15.0. The van der Waals surface area contributed by atoms with Gasteiger partial charge in [0.1, 0.15) is 0 Å². The first-order chi connectivity index (χ1) is 49.4. The third-order valence-corrected chi connectivity index (χ3v) is 19.0. The van der Waals surface area contributed by atoms with Gasteiger partial charge in [-0.3, -0.25) is 0 Å². The molecule has 0 aromatic heterocycles. The van der Waals surface area contributed by atoms with Crippen molar-refractivity contribution in [1.82, 2.24) is 0 Å². The third kappa shape index (κ3) is 11.4. The second kappa shape index (κ2) is 24.9. The van der Waals surface area contributed by atoms with Crippen LogP contribution >= 0.6 is 0 Å². The van der Waals surface area contributed by atoms with E-state index < -0.39 is 0 Å². The van der Waals surface area contributed by atoms with E-state index in [1.54, 1.807) is 0 Å². The maximum atomic E-state index is 3.53.